The van der Waals surface area contributed by atoms with Crippen molar-refractivity contribution in [2.75, 3.05) is 31.9 Å². The van der Waals surface area contributed by atoms with E-state index in [4.69, 9.17) is 0 Å². The largest absolute Gasteiger partial charge is 0.314 e. The van der Waals surface area contributed by atoms with E-state index in [0.717, 1.165) is 25.6 Å². The predicted molar refractivity (Wildman–Crippen MR) is 84.9 cm³/mol. The number of piperazine rings is 1. The summed E-state index contributed by atoms with van der Waals surface area (Å²) in [6, 6.07) is 6.91. The summed E-state index contributed by atoms with van der Waals surface area (Å²) in [6.07, 6.45) is 0. The van der Waals surface area contributed by atoms with Gasteiger partial charge in [0.05, 0.1) is 0 Å². The van der Waals surface area contributed by atoms with Crippen LogP contribution in [0.2, 0.25) is 0 Å². The minimum atomic E-state index is 0.748. The fourth-order valence-corrected chi connectivity index (χ4v) is 3.33. The van der Waals surface area contributed by atoms with Crippen molar-refractivity contribution in [2.45, 2.75) is 32.2 Å². The Kier molecular flexibility index (Phi) is 5.74. The number of hydrogen-bond donors (Lipinski definition) is 1. The van der Waals surface area contributed by atoms with Crippen LogP contribution in [0.15, 0.2) is 23.1 Å². The summed E-state index contributed by atoms with van der Waals surface area (Å²) in [5, 5.41) is 3.42. The summed E-state index contributed by atoms with van der Waals surface area (Å²) in [4.78, 5) is 4.03. The Morgan fingerprint density at radius 3 is 2.68 bits per heavy atom. The highest BCUT2D eigenvalue weighted by Gasteiger charge is 2.12. The Labute approximate surface area is 122 Å². The smallest absolute Gasteiger partial charge is 0.0246 e. The molecule has 0 bridgehead atoms. The van der Waals surface area contributed by atoms with E-state index >= 15 is 0 Å². The molecule has 0 aliphatic carbocycles. The number of nitrogens with zero attached hydrogens (tertiary/aromatic N) is 1. The fourth-order valence-electron chi connectivity index (χ4n) is 2.34. The molecule has 2 nitrogen and oxygen atoms in total. The molecule has 0 amide bonds. The number of hydrogen-bond acceptors (Lipinski definition) is 3. The van der Waals surface area contributed by atoms with Crippen LogP contribution in [-0.4, -0.2) is 36.8 Å². The zero-order valence-corrected chi connectivity index (χ0v) is 13.2. The van der Waals surface area contributed by atoms with Crippen LogP contribution < -0.4 is 5.32 Å². The van der Waals surface area contributed by atoms with Gasteiger partial charge in [0.15, 0.2) is 0 Å². The van der Waals surface area contributed by atoms with E-state index in [9.17, 15) is 0 Å². The molecule has 0 aromatic heterocycles. The van der Waals surface area contributed by atoms with Gasteiger partial charge in [-0.15, -0.1) is 11.8 Å². The van der Waals surface area contributed by atoms with E-state index in [-0.39, 0.29) is 0 Å². The van der Waals surface area contributed by atoms with Crippen LogP contribution in [0.1, 0.15) is 25.0 Å². The molecule has 1 aliphatic heterocycles. The molecule has 1 fully saturated rings. The summed E-state index contributed by atoms with van der Waals surface area (Å²) in [5.74, 6) is 1.95. The Balaban J connectivity index is 2.05. The zero-order chi connectivity index (χ0) is 13.7. The SMILES string of the molecule is Cc1ccc(SCC(C)C)c(CN2CCNCC2)c1. The van der Waals surface area contributed by atoms with Gasteiger partial charge >= 0.3 is 0 Å². The van der Waals surface area contributed by atoms with Gasteiger partial charge in [-0.2, -0.15) is 0 Å². The molecule has 0 radical (unpaired) electrons. The topological polar surface area (TPSA) is 15.3 Å². The summed E-state index contributed by atoms with van der Waals surface area (Å²) in [6.45, 7) is 12.5. The van der Waals surface area contributed by atoms with Crippen LogP contribution in [0.4, 0.5) is 0 Å². The van der Waals surface area contributed by atoms with Crippen molar-refractivity contribution in [1.82, 2.24) is 10.2 Å². The average molecular weight is 278 g/mol. The third-order valence-electron chi connectivity index (χ3n) is 3.39. The van der Waals surface area contributed by atoms with Gasteiger partial charge < -0.3 is 5.32 Å². The number of rotatable bonds is 5. The molecule has 1 heterocycles. The van der Waals surface area contributed by atoms with Crippen molar-refractivity contribution >= 4 is 11.8 Å². The first kappa shape index (κ1) is 14.9. The molecule has 1 aliphatic rings. The second-order valence-corrected chi connectivity index (χ2v) is 6.90. The lowest BCUT2D eigenvalue weighted by Crippen LogP contribution is -2.42. The molecule has 0 saturated carbocycles. The lowest BCUT2D eigenvalue weighted by atomic mass is 10.1. The van der Waals surface area contributed by atoms with Gasteiger partial charge in [-0.25, -0.2) is 0 Å². The van der Waals surface area contributed by atoms with Gasteiger partial charge in [-0.3, -0.25) is 4.90 Å². The fraction of sp³-hybridized carbons (Fsp3) is 0.625. The summed E-state index contributed by atoms with van der Waals surface area (Å²) in [7, 11) is 0. The molecule has 3 heteroatoms. The normalized spacial score (nSPS) is 17.1. The Hall–Kier alpha value is -0.510. The van der Waals surface area contributed by atoms with E-state index in [1.165, 1.54) is 34.9 Å². The maximum absolute atomic E-state index is 3.42. The van der Waals surface area contributed by atoms with Crippen LogP contribution in [0.5, 0.6) is 0 Å². The van der Waals surface area contributed by atoms with E-state index in [2.05, 4.69) is 49.2 Å². The quantitative estimate of drug-likeness (QED) is 0.833. The summed E-state index contributed by atoms with van der Waals surface area (Å²) >= 11 is 2.01. The first-order valence-corrected chi connectivity index (χ1v) is 8.29. The molecular weight excluding hydrogens is 252 g/mol. The van der Waals surface area contributed by atoms with Crippen molar-refractivity contribution in [3.63, 3.8) is 0 Å². The summed E-state index contributed by atoms with van der Waals surface area (Å²) in [5.41, 5.74) is 2.88. The third-order valence-corrected chi connectivity index (χ3v) is 4.93. The average Bonchev–Trinajstić information content (AvgIpc) is 2.39. The minimum Gasteiger partial charge on any atom is -0.314 e. The van der Waals surface area contributed by atoms with Gasteiger partial charge in [0, 0.05) is 43.4 Å². The van der Waals surface area contributed by atoms with Crippen LogP contribution in [0.25, 0.3) is 0 Å². The monoisotopic (exact) mass is 278 g/mol. The molecule has 1 aromatic rings. The second-order valence-electron chi connectivity index (χ2n) is 5.84. The van der Waals surface area contributed by atoms with Crippen molar-refractivity contribution in [3.8, 4) is 0 Å². The Morgan fingerprint density at radius 1 is 1.26 bits per heavy atom. The van der Waals surface area contributed by atoms with Gasteiger partial charge in [0.25, 0.3) is 0 Å². The Morgan fingerprint density at radius 2 is 2.00 bits per heavy atom. The van der Waals surface area contributed by atoms with Crippen LogP contribution >= 0.6 is 11.8 Å². The maximum Gasteiger partial charge on any atom is 0.0246 e. The molecule has 19 heavy (non-hydrogen) atoms. The third kappa shape index (κ3) is 4.83. The van der Waals surface area contributed by atoms with Crippen LogP contribution in [0.3, 0.4) is 0 Å². The van der Waals surface area contributed by atoms with Crippen LogP contribution in [-0.2, 0) is 6.54 Å². The van der Waals surface area contributed by atoms with Crippen molar-refractivity contribution < 1.29 is 0 Å². The molecule has 106 valence electrons. The first-order valence-electron chi connectivity index (χ1n) is 7.30. The standard InChI is InChI=1S/C16H26N2S/c1-13(2)12-19-16-5-4-14(3)10-15(16)11-18-8-6-17-7-9-18/h4-5,10,13,17H,6-9,11-12H2,1-3H3. The molecule has 2 rings (SSSR count). The highest BCUT2D eigenvalue weighted by Crippen LogP contribution is 2.26. The highest BCUT2D eigenvalue weighted by atomic mass is 32.2. The van der Waals surface area contributed by atoms with E-state index < -0.39 is 0 Å². The van der Waals surface area contributed by atoms with Gasteiger partial charge in [-0.05, 0) is 24.5 Å². The second kappa shape index (κ2) is 7.32. The predicted octanol–water partition coefficient (Wildman–Crippen LogP) is 3.15. The number of thioether (sulfide) groups is 1. The van der Waals surface area contributed by atoms with Gasteiger partial charge in [-0.1, -0.05) is 31.5 Å². The molecule has 1 aromatic carbocycles. The summed E-state index contributed by atoms with van der Waals surface area (Å²) < 4.78 is 0. The maximum atomic E-state index is 3.42. The Bertz CT molecular complexity index is 398. The van der Waals surface area contributed by atoms with Crippen molar-refractivity contribution in [1.29, 1.82) is 0 Å². The molecule has 0 atom stereocenters. The molecule has 0 unspecified atom stereocenters. The first-order chi connectivity index (χ1) is 9.15. The van der Waals surface area contributed by atoms with Crippen LogP contribution in [0, 0.1) is 12.8 Å². The van der Waals surface area contributed by atoms with E-state index in [0.29, 0.717) is 0 Å². The van der Waals surface area contributed by atoms with E-state index in [1.807, 2.05) is 11.8 Å². The minimum absolute atomic E-state index is 0.748. The zero-order valence-electron chi connectivity index (χ0n) is 12.4. The van der Waals surface area contributed by atoms with Crippen molar-refractivity contribution in [2.24, 2.45) is 5.92 Å². The molecule has 1 N–H and O–H groups in total. The molecule has 0 spiro atoms. The molecular formula is C16H26N2S. The molecule has 1 saturated heterocycles. The highest BCUT2D eigenvalue weighted by molar-refractivity contribution is 7.99. The van der Waals surface area contributed by atoms with E-state index in [1.54, 1.807) is 0 Å². The lowest BCUT2D eigenvalue weighted by molar-refractivity contribution is 0.231. The lowest BCUT2D eigenvalue weighted by Gasteiger charge is -2.28. The number of nitrogens with one attached hydrogen (secondary N) is 1. The van der Waals surface area contributed by atoms with Gasteiger partial charge in [0.1, 0.15) is 0 Å². The number of aryl methyl sites for hydroxylation is 1. The van der Waals surface area contributed by atoms with Crippen molar-refractivity contribution in [3.05, 3.63) is 29.3 Å². The number of benzene rings is 1. The van der Waals surface area contributed by atoms with Gasteiger partial charge in [0.2, 0.25) is 0 Å².